The molecule has 23 heavy (non-hydrogen) atoms. The molecule has 2 aromatic carbocycles. The minimum atomic E-state index is -0.620. The van der Waals surface area contributed by atoms with Crippen LogP contribution in [0.1, 0.15) is 24.5 Å². The average Bonchev–Trinajstić information content (AvgIpc) is 2.52. The third-order valence-electron chi connectivity index (χ3n) is 3.67. The maximum atomic E-state index is 13.8. The van der Waals surface area contributed by atoms with E-state index < -0.39 is 17.7 Å². The van der Waals surface area contributed by atoms with Gasteiger partial charge in [0.15, 0.2) is 0 Å². The summed E-state index contributed by atoms with van der Waals surface area (Å²) in [7, 11) is 0. The van der Waals surface area contributed by atoms with Crippen LogP contribution >= 0.6 is 0 Å². The van der Waals surface area contributed by atoms with Gasteiger partial charge in [0, 0.05) is 31.3 Å². The van der Waals surface area contributed by atoms with E-state index in [1.807, 2.05) is 11.8 Å². The molecule has 0 unspecified atom stereocenters. The van der Waals surface area contributed by atoms with Crippen LogP contribution in [0.3, 0.4) is 0 Å². The van der Waals surface area contributed by atoms with E-state index in [4.69, 9.17) is 0 Å². The topological polar surface area (TPSA) is 23.5 Å². The number of hydrogen-bond donors (Lipinski definition) is 1. The van der Waals surface area contributed by atoms with Gasteiger partial charge in [-0.25, -0.2) is 13.2 Å². The van der Waals surface area contributed by atoms with E-state index in [0.29, 0.717) is 25.1 Å². The predicted octanol–water partition coefficient (Wildman–Crippen LogP) is 3.88. The Morgan fingerprint density at radius 2 is 1.61 bits per heavy atom. The van der Waals surface area contributed by atoms with E-state index in [0.717, 1.165) is 11.6 Å². The molecular weight excluding hydrogens is 303 g/mol. The summed E-state index contributed by atoms with van der Waals surface area (Å²) in [5.41, 5.74) is 1.22. The molecule has 1 atom stereocenters. The number of nitrogens with zero attached hydrogens (tertiary/aromatic N) is 1. The van der Waals surface area contributed by atoms with Crippen LogP contribution in [0.5, 0.6) is 0 Å². The zero-order chi connectivity index (χ0) is 16.8. The van der Waals surface area contributed by atoms with Crippen molar-refractivity contribution >= 4 is 0 Å². The average molecular weight is 323 g/mol. The normalized spacial score (nSPS) is 12.6. The number of aliphatic hydroxyl groups excluding tert-OH is 1. The SMILES string of the molecule is CC[C@@H](O)CN(Cc1ccc(F)cc1)Cc1ccc(F)cc1F. The standard InChI is InChI=1S/C18H20F3NO/c1-2-17(23)12-22(10-13-3-6-15(19)7-4-13)11-14-5-8-16(20)9-18(14)21/h3-9,17,23H,2,10-12H2,1H3/t17-/m1/s1. The largest absolute Gasteiger partial charge is 0.392 e. The van der Waals surface area contributed by atoms with Gasteiger partial charge in [-0.15, -0.1) is 0 Å². The van der Waals surface area contributed by atoms with Crippen LogP contribution in [0.2, 0.25) is 0 Å². The van der Waals surface area contributed by atoms with E-state index in [9.17, 15) is 18.3 Å². The Hall–Kier alpha value is -1.85. The lowest BCUT2D eigenvalue weighted by Crippen LogP contribution is -2.31. The molecule has 1 N–H and O–H groups in total. The van der Waals surface area contributed by atoms with Crippen LogP contribution < -0.4 is 0 Å². The van der Waals surface area contributed by atoms with Gasteiger partial charge in [-0.1, -0.05) is 25.1 Å². The van der Waals surface area contributed by atoms with Crippen molar-refractivity contribution in [2.24, 2.45) is 0 Å². The van der Waals surface area contributed by atoms with E-state index in [2.05, 4.69) is 0 Å². The van der Waals surface area contributed by atoms with Crippen LogP contribution in [-0.4, -0.2) is 22.7 Å². The molecule has 2 nitrogen and oxygen atoms in total. The second-order valence-corrected chi connectivity index (χ2v) is 5.59. The fraction of sp³-hybridized carbons (Fsp3) is 0.333. The maximum absolute atomic E-state index is 13.8. The molecule has 0 aliphatic carbocycles. The van der Waals surface area contributed by atoms with Gasteiger partial charge < -0.3 is 5.11 Å². The van der Waals surface area contributed by atoms with Crippen LogP contribution in [0.25, 0.3) is 0 Å². The van der Waals surface area contributed by atoms with Gasteiger partial charge in [0.25, 0.3) is 0 Å². The number of hydrogen-bond acceptors (Lipinski definition) is 2. The summed E-state index contributed by atoms with van der Waals surface area (Å²) in [6, 6.07) is 9.50. The molecule has 0 amide bonds. The molecule has 2 aromatic rings. The molecule has 0 radical (unpaired) electrons. The molecule has 0 heterocycles. The third-order valence-corrected chi connectivity index (χ3v) is 3.67. The Labute approximate surface area is 134 Å². The highest BCUT2D eigenvalue weighted by Gasteiger charge is 2.14. The second-order valence-electron chi connectivity index (χ2n) is 5.59. The predicted molar refractivity (Wildman–Crippen MR) is 83.2 cm³/mol. The van der Waals surface area contributed by atoms with Crippen molar-refractivity contribution in [1.82, 2.24) is 4.90 Å². The zero-order valence-corrected chi connectivity index (χ0v) is 13.0. The van der Waals surface area contributed by atoms with Gasteiger partial charge in [0.1, 0.15) is 17.5 Å². The van der Waals surface area contributed by atoms with Gasteiger partial charge >= 0.3 is 0 Å². The first-order chi connectivity index (χ1) is 11.0. The Kier molecular flexibility index (Phi) is 6.19. The molecule has 0 aliphatic heterocycles. The molecule has 0 aliphatic rings. The van der Waals surface area contributed by atoms with Crippen molar-refractivity contribution in [3.05, 3.63) is 71.0 Å². The molecule has 5 heteroatoms. The lowest BCUT2D eigenvalue weighted by molar-refractivity contribution is 0.101. The van der Waals surface area contributed by atoms with E-state index in [1.54, 1.807) is 12.1 Å². The summed E-state index contributed by atoms with van der Waals surface area (Å²) < 4.78 is 39.8. The van der Waals surface area contributed by atoms with Crippen molar-refractivity contribution in [3.63, 3.8) is 0 Å². The fourth-order valence-corrected chi connectivity index (χ4v) is 2.35. The van der Waals surface area contributed by atoms with Crippen molar-refractivity contribution < 1.29 is 18.3 Å². The van der Waals surface area contributed by atoms with Gasteiger partial charge in [0.2, 0.25) is 0 Å². The molecular formula is C18H20F3NO. The summed E-state index contributed by atoms with van der Waals surface area (Å²) >= 11 is 0. The van der Waals surface area contributed by atoms with Gasteiger partial charge in [-0.05, 0) is 30.2 Å². The fourth-order valence-electron chi connectivity index (χ4n) is 2.35. The second kappa shape index (κ2) is 8.13. The van der Waals surface area contributed by atoms with Crippen LogP contribution in [0.4, 0.5) is 13.2 Å². The molecule has 124 valence electrons. The smallest absolute Gasteiger partial charge is 0.130 e. The van der Waals surface area contributed by atoms with E-state index in [1.165, 1.54) is 24.3 Å². The minimum absolute atomic E-state index is 0.237. The first kappa shape index (κ1) is 17.5. The Balaban J connectivity index is 2.14. The third kappa shape index (κ3) is 5.37. The highest BCUT2D eigenvalue weighted by Crippen LogP contribution is 2.15. The summed E-state index contributed by atoms with van der Waals surface area (Å²) in [6.45, 7) is 2.89. The highest BCUT2D eigenvalue weighted by atomic mass is 19.1. The molecule has 0 fully saturated rings. The Morgan fingerprint density at radius 1 is 0.957 bits per heavy atom. The molecule has 0 saturated heterocycles. The zero-order valence-electron chi connectivity index (χ0n) is 13.0. The number of benzene rings is 2. The molecule has 0 aromatic heterocycles. The maximum Gasteiger partial charge on any atom is 0.130 e. The van der Waals surface area contributed by atoms with Gasteiger partial charge in [0.05, 0.1) is 6.10 Å². The van der Waals surface area contributed by atoms with Crippen molar-refractivity contribution in [3.8, 4) is 0 Å². The van der Waals surface area contributed by atoms with Crippen LogP contribution in [-0.2, 0) is 13.1 Å². The summed E-state index contributed by atoms with van der Waals surface area (Å²) in [6.07, 6.45) is 0.0326. The van der Waals surface area contributed by atoms with Gasteiger partial charge in [-0.2, -0.15) is 0 Å². The number of rotatable bonds is 7. The van der Waals surface area contributed by atoms with Gasteiger partial charge in [-0.3, -0.25) is 4.90 Å². The lowest BCUT2D eigenvalue weighted by Gasteiger charge is -2.25. The van der Waals surface area contributed by atoms with Crippen molar-refractivity contribution in [1.29, 1.82) is 0 Å². The number of aliphatic hydroxyl groups is 1. The first-order valence-corrected chi connectivity index (χ1v) is 7.56. The Morgan fingerprint density at radius 3 is 2.22 bits per heavy atom. The van der Waals surface area contributed by atoms with Crippen molar-refractivity contribution in [2.45, 2.75) is 32.5 Å². The molecule has 2 rings (SSSR count). The van der Waals surface area contributed by atoms with Crippen LogP contribution in [0, 0.1) is 17.5 Å². The van der Waals surface area contributed by atoms with E-state index in [-0.39, 0.29) is 12.4 Å². The van der Waals surface area contributed by atoms with Crippen LogP contribution in [0.15, 0.2) is 42.5 Å². The minimum Gasteiger partial charge on any atom is -0.392 e. The quantitative estimate of drug-likeness (QED) is 0.836. The number of halogens is 3. The lowest BCUT2D eigenvalue weighted by atomic mass is 10.1. The molecule has 0 saturated carbocycles. The monoisotopic (exact) mass is 323 g/mol. The molecule has 0 spiro atoms. The highest BCUT2D eigenvalue weighted by molar-refractivity contribution is 5.20. The first-order valence-electron chi connectivity index (χ1n) is 7.56. The summed E-state index contributed by atoms with van der Waals surface area (Å²) in [5.74, 6) is -1.55. The van der Waals surface area contributed by atoms with Crippen molar-refractivity contribution in [2.75, 3.05) is 6.54 Å². The molecule has 0 bridgehead atoms. The Bertz CT molecular complexity index is 631. The summed E-state index contributed by atoms with van der Waals surface area (Å²) in [5, 5.41) is 9.89. The van der Waals surface area contributed by atoms with E-state index >= 15 is 0 Å². The summed E-state index contributed by atoms with van der Waals surface area (Å²) in [4.78, 5) is 1.86.